The first-order chi connectivity index (χ1) is 11.0. The van der Waals surface area contributed by atoms with Crippen LogP contribution < -0.4 is 5.32 Å². The third-order valence-electron chi connectivity index (χ3n) is 3.53. The first kappa shape index (κ1) is 16.1. The number of anilines is 1. The highest BCUT2D eigenvalue weighted by Crippen LogP contribution is 2.29. The Morgan fingerprint density at radius 3 is 2.74 bits per heavy atom. The number of hydrogen-bond donors (Lipinski definition) is 1. The summed E-state index contributed by atoms with van der Waals surface area (Å²) in [4.78, 5) is 31.8. The molecule has 0 saturated heterocycles. The molecule has 3 rings (SSSR count). The van der Waals surface area contributed by atoms with Crippen LogP contribution in [0.2, 0.25) is 0 Å². The van der Waals surface area contributed by atoms with E-state index in [1.54, 1.807) is 17.2 Å². The number of aryl methyl sites for hydroxylation is 1. The topological polar surface area (TPSA) is 62.3 Å². The highest BCUT2D eigenvalue weighted by molar-refractivity contribution is 9.10. The Balaban J connectivity index is 1.71. The molecule has 23 heavy (non-hydrogen) atoms. The van der Waals surface area contributed by atoms with Gasteiger partial charge in [-0.15, -0.1) is 11.3 Å². The van der Waals surface area contributed by atoms with Gasteiger partial charge >= 0.3 is 0 Å². The summed E-state index contributed by atoms with van der Waals surface area (Å²) in [5.74, 6) is -0.336. The summed E-state index contributed by atoms with van der Waals surface area (Å²) in [7, 11) is 0. The predicted octanol–water partition coefficient (Wildman–Crippen LogP) is 3.46. The van der Waals surface area contributed by atoms with Crippen LogP contribution in [0, 0.1) is 6.92 Å². The molecule has 120 valence electrons. The molecule has 7 heteroatoms. The van der Waals surface area contributed by atoms with Gasteiger partial charge in [0.25, 0.3) is 5.91 Å². The molecule has 0 atom stereocenters. The van der Waals surface area contributed by atoms with Crippen LogP contribution >= 0.6 is 27.3 Å². The number of carbonyl (C=O) groups excluding carboxylic acids is 2. The third-order valence-corrected chi connectivity index (χ3v) is 5.05. The van der Waals surface area contributed by atoms with Crippen molar-refractivity contribution in [3.05, 3.63) is 45.4 Å². The molecule has 0 unspecified atom stereocenters. The van der Waals surface area contributed by atoms with E-state index in [2.05, 4.69) is 26.2 Å². The number of amides is 2. The van der Waals surface area contributed by atoms with Crippen LogP contribution in [-0.4, -0.2) is 34.3 Å². The van der Waals surface area contributed by atoms with E-state index in [-0.39, 0.29) is 24.4 Å². The highest BCUT2D eigenvalue weighted by Gasteiger charge is 2.35. The van der Waals surface area contributed by atoms with Crippen LogP contribution in [0.3, 0.4) is 0 Å². The summed E-state index contributed by atoms with van der Waals surface area (Å²) in [5.41, 5.74) is 0.581. The number of halogens is 1. The van der Waals surface area contributed by atoms with E-state index in [9.17, 15) is 9.59 Å². The Hall–Kier alpha value is -1.73. The lowest BCUT2D eigenvalue weighted by molar-refractivity contribution is -0.117. The summed E-state index contributed by atoms with van der Waals surface area (Å²) >= 11 is 4.82. The highest BCUT2D eigenvalue weighted by atomic mass is 79.9. The molecule has 1 fully saturated rings. The molecule has 0 aliphatic heterocycles. The molecule has 0 bridgehead atoms. The van der Waals surface area contributed by atoms with Gasteiger partial charge in [0.2, 0.25) is 5.91 Å². The van der Waals surface area contributed by atoms with Crippen molar-refractivity contribution in [3.63, 3.8) is 0 Å². The molecule has 0 spiro atoms. The lowest BCUT2D eigenvalue weighted by atomic mass is 10.2. The van der Waals surface area contributed by atoms with Gasteiger partial charge in [0.15, 0.2) is 5.13 Å². The van der Waals surface area contributed by atoms with Crippen LogP contribution in [-0.2, 0) is 4.79 Å². The number of benzene rings is 1. The molecule has 1 aliphatic carbocycles. The molecule has 2 aromatic rings. The van der Waals surface area contributed by atoms with E-state index in [1.807, 2.05) is 25.1 Å². The Bertz CT molecular complexity index is 742. The molecule has 1 N–H and O–H groups in total. The maximum atomic E-state index is 12.7. The number of hydrogen-bond acceptors (Lipinski definition) is 4. The summed E-state index contributed by atoms with van der Waals surface area (Å²) in [5, 5.41) is 3.33. The number of thiazole rings is 1. The summed E-state index contributed by atoms with van der Waals surface area (Å²) in [6, 6.07) is 7.43. The second-order valence-corrected chi connectivity index (χ2v) is 7.56. The molecule has 1 saturated carbocycles. The maximum Gasteiger partial charge on any atom is 0.255 e. The van der Waals surface area contributed by atoms with Gasteiger partial charge in [-0.25, -0.2) is 4.98 Å². The minimum Gasteiger partial charge on any atom is -0.326 e. The fourth-order valence-electron chi connectivity index (χ4n) is 2.27. The summed E-state index contributed by atoms with van der Waals surface area (Å²) in [6.45, 7) is 1.98. The smallest absolute Gasteiger partial charge is 0.255 e. The largest absolute Gasteiger partial charge is 0.326 e. The second-order valence-electron chi connectivity index (χ2n) is 5.47. The molecule has 1 aliphatic rings. The predicted molar refractivity (Wildman–Crippen MR) is 93.7 cm³/mol. The van der Waals surface area contributed by atoms with Crippen LogP contribution in [0.5, 0.6) is 0 Å². The van der Waals surface area contributed by atoms with Crippen molar-refractivity contribution in [1.29, 1.82) is 0 Å². The molecule has 5 nitrogen and oxygen atoms in total. The average molecular weight is 394 g/mol. The quantitative estimate of drug-likeness (QED) is 0.845. The van der Waals surface area contributed by atoms with Crippen molar-refractivity contribution in [2.75, 3.05) is 11.9 Å². The fraction of sp³-hybridized carbons (Fsp3) is 0.312. The molecular formula is C16H16BrN3O2S. The van der Waals surface area contributed by atoms with E-state index in [0.29, 0.717) is 10.7 Å². The van der Waals surface area contributed by atoms with Crippen LogP contribution in [0.15, 0.2) is 34.9 Å². The zero-order valence-corrected chi connectivity index (χ0v) is 15.0. The minimum absolute atomic E-state index is 0.0451. The second kappa shape index (κ2) is 6.80. The lowest BCUT2D eigenvalue weighted by Crippen LogP contribution is -2.39. The number of nitrogens with one attached hydrogen (secondary N) is 1. The maximum absolute atomic E-state index is 12.7. The Morgan fingerprint density at radius 1 is 1.39 bits per heavy atom. The Labute approximate surface area is 146 Å². The number of aromatic nitrogens is 1. The Kier molecular flexibility index (Phi) is 4.77. The van der Waals surface area contributed by atoms with Crippen molar-refractivity contribution in [3.8, 4) is 0 Å². The van der Waals surface area contributed by atoms with Crippen LogP contribution in [0.1, 0.15) is 28.1 Å². The van der Waals surface area contributed by atoms with Crippen molar-refractivity contribution < 1.29 is 9.59 Å². The molecule has 1 heterocycles. The standard InChI is InChI=1S/C16H16BrN3O2S/c1-10-8-18-16(23-10)19-14(21)9-20(11-6-7-11)15(22)12-4-2-3-5-13(12)17/h2-5,8,11H,6-7,9H2,1H3,(H,18,19,21). The first-order valence-corrected chi connectivity index (χ1v) is 8.93. The Morgan fingerprint density at radius 2 is 2.13 bits per heavy atom. The number of carbonyl (C=O) groups is 2. The van der Waals surface area contributed by atoms with Gasteiger partial charge in [0.1, 0.15) is 6.54 Å². The van der Waals surface area contributed by atoms with E-state index < -0.39 is 0 Å². The minimum atomic E-state index is -0.216. The SMILES string of the molecule is Cc1cnc(NC(=O)CN(C(=O)c2ccccc2Br)C2CC2)s1. The fourth-order valence-corrected chi connectivity index (χ4v) is 3.40. The third kappa shape index (κ3) is 3.97. The monoisotopic (exact) mass is 393 g/mol. The number of nitrogens with zero attached hydrogens (tertiary/aromatic N) is 2. The molecule has 1 aromatic heterocycles. The molecule has 0 radical (unpaired) electrons. The normalized spacial score (nSPS) is 13.7. The molecule has 1 aromatic carbocycles. The van der Waals surface area contributed by atoms with Gasteiger partial charge in [-0.05, 0) is 47.8 Å². The van der Waals surface area contributed by atoms with Gasteiger partial charge in [0.05, 0.1) is 5.56 Å². The van der Waals surface area contributed by atoms with E-state index in [4.69, 9.17) is 0 Å². The zero-order valence-electron chi connectivity index (χ0n) is 12.6. The van der Waals surface area contributed by atoms with E-state index >= 15 is 0 Å². The lowest BCUT2D eigenvalue weighted by Gasteiger charge is -2.22. The average Bonchev–Trinajstić information content (AvgIpc) is 3.28. The van der Waals surface area contributed by atoms with Gasteiger partial charge in [-0.1, -0.05) is 12.1 Å². The van der Waals surface area contributed by atoms with Gasteiger partial charge in [0, 0.05) is 21.6 Å². The zero-order chi connectivity index (χ0) is 16.4. The van der Waals surface area contributed by atoms with Crippen LogP contribution in [0.4, 0.5) is 5.13 Å². The van der Waals surface area contributed by atoms with Crippen molar-refractivity contribution >= 4 is 44.2 Å². The summed E-state index contributed by atoms with van der Waals surface area (Å²) in [6.07, 6.45) is 3.60. The number of rotatable bonds is 5. The van der Waals surface area contributed by atoms with Crippen molar-refractivity contribution in [1.82, 2.24) is 9.88 Å². The molecule has 2 amide bonds. The van der Waals surface area contributed by atoms with Crippen LogP contribution in [0.25, 0.3) is 0 Å². The van der Waals surface area contributed by atoms with Gasteiger partial charge < -0.3 is 10.2 Å². The van der Waals surface area contributed by atoms with Crippen molar-refractivity contribution in [2.24, 2.45) is 0 Å². The molecular weight excluding hydrogens is 378 g/mol. The summed E-state index contributed by atoms with van der Waals surface area (Å²) < 4.78 is 0.742. The first-order valence-electron chi connectivity index (χ1n) is 7.32. The van der Waals surface area contributed by atoms with E-state index in [1.165, 1.54) is 11.3 Å². The van der Waals surface area contributed by atoms with Gasteiger partial charge in [-0.3, -0.25) is 9.59 Å². The van der Waals surface area contributed by atoms with E-state index in [0.717, 1.165) is 22.2 Å². The van der Waals surface area contributed by atoms with Gasteiger partial charge in [-0.2, -0.15) is 0 Å². The van der Waals surface area contributed by atoms with Crippen molar-refractivity contribution in [2.45, 2.75) is 25.8 Å².